The van der Waals surface area contributed by atoms with Crippen LogP contribution in [0.15, 0.2) is 46.9 Å². The molecule has 0 spiro atoms. The first kappa shape index (κ1) is 15.9. The maximum atomic E-state index is 14.0. The van der Waals surface area contributed by atoms with Gasteiger partial charge < -0.3 is 10.1 Å². The fraction of sp³-hybridized carbons (Fsp3) is 0.235. The van der Waals surface area contributed by atoms with Crippen LogP contribution in [0.4, 0.5) is 8.78 Å². The van der Waals surface area contributed by atoms with Gasteiger partial charge in [0.1, 0.15) is 5.82 Å². The van der Waals surface area contributed by atoms with Crippen molar-refractivity contribution in [2.45, 2.75) is 25.0 Å². The molecular weight excluding hydrogens is 368 g/mol. The van der Waals surface area contributed by atoms with E-state index in [2.05, 4.69) is 21.2 Å². The van der Waals surface area contributed by atoms with Crippen LogP contribution in [-0.2, 0) is 4.79 Å². The summed E-state index contributed by atoms with van der Waals surface area (Å²) in [5.74, 6) is -1.38. The summed E-state index contributed by atoms with van der Waals surface area (Å²) in [7, 11) is 0. The summed E-state index contributed by atoms with van der Waals surface area (Å²) in [6.07, 6.45) is 0.815. The van der Waals surface area contributed by atoms with E-state index in [0.29, 0.717) is 10.0 Å². The van der Waals surface area contributed by atoms with Crippen LogP contribution < -0.4 is 10.1 Å². The molecule has 0 unspecified atom stereocenters. The largest absolute Gasteiger partial charge is 0.473 e. The van der Waals surface area contributed by atoms with E-state index in [1.807, 2.05) is 0 Å². The van der Waals surface area contributed by atoms with Gasteiger partial charge in [0, 0.05) is 16.1 Å². The number of carbonyl (C=O) groups is 1. The zero-order valence-corrected chi connectivity index (χ0v) is 13.6. The molecule has 0 radical (unpaired) electrons. The Kier molecular flexibility index (Phi) is 4.61. The molecule has 120 valence electrons. The Hall–Kier alpha value is -1.95. The third-order valence-corrected chi connectivity index (χ3v) is 3.97. The number of amides is 1. The quantitative estimate of drug-likeness (QED) is 0.845. The molecule has 1 aliphatic carbocycles. The Labute approximate surface area is 140 Å². The molecule has 1 fully saturated rings. The van der Waals surface area contributed by atoms with Gasteiger partial charge in [-0.05, 0) is 43.2 Å². The van der Waals surface area contributed by atoms with E-state index in [1.165, 1.54) is 36.4 Å². The maximum absolute atomic E-state index is 14.0. The lowest BCUT2D eigenvalue weighted by Gasteiger charge is -2.19. The van der Waals surface area contributed by atoms with Crippen molar-refractivity contribution in [2.24, 2.45) is 0 Å². The highest BCUT2D eigenvalue weighted by Crippen LogP contribution is 2.28. The van der Waals surface area contributed by atoms with Crippen LogP contribution in [0, 0.1) is 11.6 Å². The summed E-state index contributed by atoms with van der Waals surface area (Å²) in [6, 6.07) is 9.88. The Balaban J connectivity index is 1.87. The van der Waals surface area contributed by atoms with Crippen LogP contribution in [0.3, 0.4) is 0 Å². The van der Waals surface area contributed by atoms with Crippen LogP contribution in [0.5, 0.6) is 5.75 Å². The molecule has 3 nitrogen and oxygen atoms in total. The number of carbonyl (C=O) groups excluding carboxylic acids is 1. The van der Waals surface area contributed by atoms with Gasteiger partial charge in [-0.25, -0.2) is 8.78 Å². The topological polar surface area (TPSA) is 38.3 Å². The molecule has 1 saturated carbocycles. The molecule has 1 N–H and O–H groups in total. The molecule has 0 bridgehead atoms. The molecule has 1 amide bonds. The number of benzene rings is 2. The van der Waals surface area contributed by atoms with Crippen LogP contribution in [-0.4, -0.2) is 11.9 Å². The number of rotatable bonds is 5. The maximum Gasteiger partial charge on any atom is 0.266 e. The van der Waals surface area contributed by atoms with E-state index in [-0.39, 0.29) is 17.7 Å². The van der Waals surface area contributed by atoms with Gasteiger partial charge in [-0.15, -0.1) is 0 Å². The smallest absolute Gasteiger partial charge is 0.266 e. The lowest BCUT2D eigenvalue weighted by Crippen LogP contribution is -2.34. The summed E-state index contributed by atoms with van der Waals surface area (Å²) in [5.41, 5.74) is 0.465. The fourth-order valence-corrected chi connectivity index (χ4v) is 2.45. The van der Waals surface area contributed by atoms with Crippen molar-refractivity contribution in [3.63, 3.8) is 0 Å². The van der Waals surface area contributed by atoms with Gasteiger partial charge >= 0.3 is 0 Å². The molecule has 0 aromatic heterocycles. The summed E-state index contributed by atoms with van der Waals surface area (Å²) >= 11 is 3.17. The van der Waals surface area contributed by atoms with Crippen molar-refractivity contribution in [1.82, 2.24) is 5.32 Å². The third-order valence-electron chi connectivity index (χ3n) is 3.47. The van der Waals surface area contributed by atoms with Crippen molar-refractivity contribution in [2.75, 3.05) is 0 Å². The highest BCUT2D eigenvalue weighted by atomic mass is 79.9. The fourth-order valence-electron chi connectivity index (χ4n) is 2.11. The lowest BCUT2D eigenvalue weighted by atomic mass is 10.1. The standard InChI is InChI=1S/C17H14BrF2NO2/c18-11-3-8-15(14(20)9-11)23-16(17(22)21-13-6-7-13)10-1-4-12(19)5-2-10/h1-5,8-9,13,16H,6-7H2,(H,21,22)/t16-/m0/s1. The van der Waals surface area contributed by atoms with E-state index >= 15 is 0 Å². The van der Waals surface area contributed by atoms with Crippen LogP contribution in [0.25, 0.3) is 0 Å². The van der Waals surface area contributed by atoms with Crippen molar-refractivity contribution < 1.29 is 18.3 Å². The van der Waals surface area contributed by atoms with E-state index in [0.717, 1.165) is 12.8 Å². The van der Waals surface area contributed by atoms with Gasteiger partial charge in [0.15, 0.2) is 11.6 Å². The highest BCUT2D eigenvalue weighted by molar-refractivity contribution is 9.10. The minimum atomic E-state index is -1.04. The van der Waals surface area contributed by atoms with Gasteiger partial charge in [-0.3, -0.25) is 4.79 Å². The van der Waals surface area contributed by atoms with E-state index in [4.69, 9.17) is 4.74 Å². The average Bonchev–Trinajstić information content (AvgIpc) is 3.31. The predicted molar refractivity (Wildman–Crippen MR) is 85.0 cm³/mol. The molecule has 1 aliphatic rings. The molecule has 6 heteroatoms. The second kappa shape index (κ2) is 6.66. The normalized spacial score (nSPS) is 15.1. The predicted octanol–water partition coefficient (Wildman–Crippen LogP) is 4.13. The van der Waals surface area contributed by atoms with E-state index in [9.17, 15) is 13.6 Å². The van der Waals surface area contributed by atoms with E-state index < -0.39 is 17.7 Å². The molecule has 3 rings (SSSR count). The number of halogens is 3. The van der Waals surface area contributed by atoms with Crippen molar-refractivity contribution in [3.8, 4) is 5.75 Å². The van der Waals surface area contributed by atoms with Crippen molar-refractivity contribution in [1.29, 1.82) is 0 Å². The molecular formula is C17H14BrF2NO2. The number of hydrogen-bond acceptors (Lipinski definition) is 2. The minimum Gasteiger partial charge on any atom is -0.473 e. The Morgan fingerprint density at radius 1 is 1.17 bits per heavy atom. The van der Waals surface area contributed by atoms with Crippen molar-refractivity contribution >= 4 is 21.8 Å². The summed E-state index contributed by atoms with van der Waals surface area (Å²) in [6.45, 7) is 0. The van der Waals surface area contributed by atoms with E-state index in [1.54, 1.807) is 6.07 Å². The van der Waals surface area contributed by atoms with Gasteiger partial charge in [0.25, 0.3) is 5.91 Å². The number of ether oxygens (including phenoxy) is 1. The molecule has 2 aromatic rings. The Morgan fingerprint density at radius 2 is 1.87 bits per heavy atom. The second-order valence-corrected chi connectivity index (χ2v) is 6.32. The summed E-state index contributed by atoms with van der Waals surface area (Å²) < 4.78 is 33.2. The second-order valence-electron chi connectivity index (χ2n) is 5.41. The van der Waals surface area contributed by atoms with Gasteiger partial charge in [0.05, 0.1) is 0 Å². The van der Waals surface area contributed by atoms with Gasteiger partial charge in [-0.1, -0.05) is 28.1 Å². The Bertz CT molecular complexity index is 717. The molecule has 0 heterocycles. The monoisotopic (exact) mass is 381 g/mol. The first-order valence-electron chi connectivity index (χ1n) is 7.20. The van der Waals surface area contributed by atoms with Crippen LogP contribution in [0.2, 0.25) is 0 Å². The summed E-state index contributed by atoms with van der Waals surface area (Å²) in [4.78, 5) is 12.4. The third kappa shape index (κ3) is 4.07. The summed E-state index contributed by atoms with van der Waals surface area (Å²) in [5, 5.41) is 2.83. The molecule has 0 aliphatic heterocycles. The van der Waals surface area contributed by atoms with Crippen LogP contribution in [0.1, 0.15) is 24.5 Å². The average molecular weight is 382 g/mol. The van der Waals surface area contributed by atoms with Gasteiger partial charge in [0.2, 0.25) is 6.10 Å². The number of hydrogen-bond donors (Lipinski definition) is 1. The molecule has 1 atom stereocenters. The lowest BCUT2D eigenvalue weighted by molar-refractivity contribution is -0.128. The molecule has 0 saturated heterocycles. The zero-order chi connectivity index (χ0) is 16.4. The molecule has 23 heavy (non-hydrogen) atoms. The Morgan fingerprint density at radius 3 is 2.48 bits per heavy atom. The number of nitrogens with one attached hydrogen (secondary N) is 1. The zero-order valence-electron chi connectivity index (χ0n) is 12.1. The highest BCUT2D eigenvalue weighted by Gasteiger charge is 2.30. The van der Waals surface area contributed by atoms with Crippen LogP contribution >= 0.6 is 15.9 Å². The minimum absolute atomic E-state index is 0.0338. The SMILES string of the molecule is O=C(NC1CC1)[C@@H](Oc1ccc(Br)cc1F)c1ccc(F)cc1. The first-order valence-corrected chi connectivity index (χ1v) is 8.00. The van der Waals surface area contributed by atoms with Gasteiger partial charge in [-0.2, -0.15) is 0 Å². The first-order chi connectivity index (χ1) is 11.0. The molecule has 2 aromatic carbocycles. The van der Waals surface area contributed by atoms with Crippen molar-refractivity contribution in [3.05, 3.63) is 64.1 Å².